The van der Waals surface area contributed by atoms with Crippen molar-refractivity contribution in [1.29, 1.82) is 0 Å². The zero-order valence-electron chi connectivity index (χ0n) is 12.2. The first-order chi connectivity index (χ1) is 9.31. The molecular weight excluding hydrogens is 260 g/mol. The van der Waals surface area contributed by atoms with Crippen LogP contribution in [0.3, 0.4) is 0 Å². The maximum Gasteiger partial charge on any atom is 0.410 e. The van der Waals surface area contributed by atoms with E-state index in [4.69, 9.17) is 9.94 Å². The summed E-state index contributed by atoms with van der Waals surface area (Å²) in [4.78, 5) is 13.7. The van der Waals surface area contributed by atoms with Gasteiger partial charge < -0.3 is 14.8 Å². The number of aromatic nitrogens is 2. The third-order valence-electron chi connectivity index (χ3n) is 3.08. The first-order valence-electron chi connectivity index (χ1n) is 6.55. The van der Waals surface area contributed by atoms with Crippen molar-refractivity contribution < 1.29 is 14.7 Å². The molecule has 0 aromatic carbocycles. The number of carbonyl (C=O) groups is 1. The van der Waals surface area contributed by atoms with Crippen LogP contribution in [-0.4, -0.2) is 44.3 Å². The smallest absolute Gasteiger partial charge is 0.410 e. The van der Waals surface area contributed by atoms with Crippen molar-refractivity contribution in [1.82, 2.24) is 15.1 Å². The molecule has 0 fully saturated rings. The molecule has 0 bridgehead atoms. The highest BCUT2D eigenvalue weighted by Gasteiger charge is 2.29. The molecule has 1 aliphatic heterocycles. The lowest BCUT2D eigenvalue weighted by molar-refractivity contribution is 0.0223. The number of fused-ring (bicyclic) bond motifs is 1. The van der Waals surface area contributed by atoms with Gasteiger partial charge in [-0.25, -0.2) is 4.79 Å². The number of ether oxygens (including phenoxy) is 1. The number of hydrogen-bond acceptors (Lipinski definition) is 5. The van der Waals surface area contributed by atoms with Gasteiger partial charge in [-0.1, -0.05) is 5.16 Å². The number of oxime groups is 1. The fraction of sp³-hybridized carbons (Fsp3) is 0.615. The minimum Gasteiger partial charge on any atom is -0.444 e. The van der Waals surface area contributed by atoms with Crippen molar-refractivity contribution in [3.05, 3.63) is 17.0 Å². The normalized spacial score (nSPS) is 16.0. The highest BCUT2D eigenvalue weighted by atomic mass is 16.6. The number of amides is 1. The van der Waals surface area contributed by atoms with E-state index in [2.05, 4.69) is 15.4 Å². The van der Waals surface area contributed by atoms with E-state index in [0.717, 1.165) is 11.3 Å². The van der Waals surface area contributed by atoms with E-state index in [0.29, 0.717) is 30.9 Å². The maximum absolute atomic E-state index is 12.1. The van der Waals surface area contributed by atoms with Gasteiger partial charge in [0.25, 0.3) is 0 Å². The van der Waals surface area contributed by atoms with Crippen LogP contribution in [0.1, 0.15) is 44.6 Å². The van der Waals surface area contributed by atoms with Gasteiger partial charge >= 0.3 is 6.09 Å². The minimum absolute atomic E-state index is 0.339. The number of nitrogens with one attached hydrogen (secondary N) is 1. The summed E-state index contributed by atoms with van der Waals surface area (Å²) in [5, 5.41) is 19.1. The Morgan fingerprint density at radius 3 is 2.80 bits per heavy atom. The SMILES string of the molecule is C/C(=N\O)c1[nH]nc2c1CN(C(=O)OC(C)(C)C)CC2. The highest BCUT2D eigenvalue weighted by molar-refractivity contribution is 5.98. The Kier molecular flexibility index (Phi) is 3.69. The van der Waals surface area contributed by atoms with Crippen LogP contribution in [0.4, 0.5) is 4.79 Å². The zero-order chi connectivity index (χ0) is 14.9. The predicted octanol–water partition coefficient (Wildman–Crippen LogP) is 1.90. The molecule has 110 valence electrons. The van der Waals surface area contributed by atoms with Crippen LogP contribution in [0, 0.1) is 0 Å². The molecule has 1 aromatic rings. The van der Waals surface area contributed by atoms with E-state index in [9.17, 15) is 4.79 Å². The second kappa shape index (κ2) is 5.15. The first kappa shape index (κ1) is 14.4. The Hall–Kier alpha value is -2.05. The molecule has 7 nitrogen and oxygen atoms in total. The average Bonchev–Trinajstić information content (AvgIpc) is 2.78. The van der Waals surface area contributed by atoms with Gasteiger partial charge in [-0.2, -0.15) is 5.10 Å². The van der Waals surface area contributed by atoms with E-state index in [1.54, 1.807) is 11.8 Å². The lowest BCUT2D eigenvalue weighted by Gasteiger charge is -2.29. The van der Waals surface area contributed by atoms with Crippen molar-refractivity contribution >= 4 is 11.8 Å². The van der Waals surface area contributed by atoms with Crippen molar-refractivity contribution in [3.63, 3.8) is 0 Å². The van der Waals surface area contributed by atoms with Crippen LogP contribution in [0.15, 0.2) is 5.16 Å². The topological polar surface area (TPSA) is 90.8 Å². The van der Waals surface area contributed by atoms with Gasteiger partial charge in [0.05, 0.1) is 17.9 Å². The van der Waals surface area contributed by atoms with Crippen LogP contribution < -0.4 is 0 Å². The maximum atomic E-state index is 12.1. The summed E-state index contributed by atoms with van der Waals surface area (Å²) >= 11 is 0. The Labute approximate surface area is 117 Å². The molecule has 0 unspecified atom stereocenters. The summed E-state index contributed by atoms with van der Waals surface area (Å²) in [6.07, 6.45) is 0.318. The van der Waals surface area contributed by atoms with Crippen molar-refractivity contribution in [3.8, 4) is 0 Å². The number of H-pyrrole nitrogens is 1. The molecule has 1 aromatic heterocycles. The van der Waals surface area contributed by atoms with Crippen LogP contribution in [0.5, 0.6) is 0 Å². The largest absolute Gasteiger partial charge is 0.444 e. The third kappa shape index (κ3) is 2.92. The van der Waals surface area contributed by atoms with Gasteiger partial charge in [0.1, 0.15) is 11.3 Å². The van der Waals surface area contributed by atoms with Gasteiger partial charge in [-0.15, -0.1) is 0 Å². The summed E-state index contributed by atoms with van der Waals surface area (Å²) in [6, 6.07) is 0. The fourth-order valence-corrected chi connectivity index (χ4v) is 2.12. The van der Waals surface area contributed by atoms with Crippen molar-refractivity contribution in [2.24, 2.45) is 5.16 Å². The first-order valence-corrected chi connectivity index (χ1v) is 6.55. The molecule has 20 heavy (non-hydrogen) atoms. The third-order valence-corrected chi connectivity index (χ3v) is 3.08. The van der Waals surface area contributed by atoms with Crippen LogP contribution >= 0.6 is 0 Å². The molecule has 7 heteroatoms. The van der Waals surface area contributed by atoms with Gasteiger partial charge in [0.2, 0.25) is 0 Å². The molecule has 2 N–H and O–H groups in total. The molecule has 0 spiro atoms. The molecule has 0 aliphatic carbocycles. The number of aromatic amines is 1. The zero-order valence-corrected chi connectivity index (χ0v) is 12.2. The van der Waals surface area contributed by atoms with Gasteiger partial charge in [0, 0.05) is 18.5 Å². The summed E-state index contributed by atoms with van der Waals surface area (Å²) in [5.74, 6) is 0. The van der Waals surface area contributed by atoms with Gasteiger partial charge in [0.15, 0.2) is 0 Å². The molecule has 0 saturated heterocycles. The molecule has 2 heterocycles. The van der Waals surface area contributed by atoms with E-state index in [-0.39, 0.29) is 6.09 Å². The predicted molar refractivity (Wildman–Crippen MR) is 72.9 cm³/mol. The van der Waals surface area contributed by atoms with Crippen LogP contribution in [0.2, 0.25) is 0 Å². The monoisotopic (exact) mass is 280 g/mol. The van der Waals surface area contributed by atoms with Crippen molar-refractivity contribution in [2.45, 2.75) is 46.3 Å². The van der Waals surface area contributed by atoms with E-state index < -0.39 is 5.60 Å². The summed E-state index contributed by atoms with van der Waals surface area (Å²) in [7, 11) is 0. The fourth-order valence-electron chi connectivity index (χ4n) is 2.12. The Morgan fingerprint density at radius 1 is 1.50 bits per heavy atom. The van der Waals surface area contributed by atoms with Gasteiger partial charge in [-0.3, -0.25) is 5.10 Å². The number of hydrogen-bond donors (Lipinski definition) is 2. The van der Waals surface area contributed by atoms with Crippen LogP contribution in [0.25, 0.3) is 0 Å². The summed E-state index contributed by atoms with van der Waals surface area (Å²) in [5.41, 5.74) is 2.39. The lowest BCUT2D eigenvalue weighted by Crippen LogP contribution is -2.40. The minimum atomic E-state index is -0.515. The highest BCUT2D eigenvalue weighted by Crippen LogP contribution is 2.22. The number of nitrogens with zero attached hydrogens (tertiary/aromatic N) is 3. The standard InChI is InChI=1S/C13H20N4O3/c1-8(16-19)11-9-7-17(6-5-10(9)14-15-11)12(18)20-13(2,3)4/h19H,5-7H2,1-4H3,(H,14,15)/b16-8+. The molecule has 2 rings (SSSR count). The molecule has 0 saturated carbocycles. The Balaban J connectivity index is 2.18. The molecule has 1 aliphatic rings. The molecule has 1 amide bonds. The van der Waals surface area contributed by atoms with Gasteiger partial charge in [-0.05, 0) is 27.7 Å². The average molecular weight is 280 g/mol. The molecule has 0 atom stereocenters. The van der Waals surface area contributed by atoms with Crippen LogP contribution in [-0.2, 0) is 17.7 Å². The number of carbonyl (C=O) groups excluding carboxylic acids is 1. The Bertz CT molecular complexity index is 542. The molecule has 0 radical (unpaired) electrons. The molecular formula is C13H20N4O3. The quantitative estimate of drug-likeness (QED) is 0.467. The van der Waals surface area contributed by atoms with E-state index in [1.807, 2.05) is 20.8 Å². The lowest BCUT2D eigenvalue weighted by atomic mass is 10.0. The van der Waals surface area contributed by atoms with Crippen molar-refractivity contribution in [2.75, 3.05) is 6.54 Å². The second-order valence-corrected chi connectivity index (χ2v) is 5.86. The summed E-state index contributed by atoms with van der Waals surface area (Å²) < 4.78 is 5.37. The van der Waals surface area contributed by atoms with E-state index in [1.165, 1.54) is 0 Å². The Morgan fingerprint density at radius 2 is 2.20 bits per heavy atom. The summed E-state index contributed by atoms with van der Waals surface area (Å²) in [6.45, 7) is 8.18. The van der Waals surface area contributed by atoms with E-state index >= 15 is 0 Å². The second-order valence-electron chi connectivity index (χ2n) is 5.86. The number of rotatable bonds is 1.